The van der Waals surface area contributed by atoms with Crippen LogP contribution in [0.25, 0.3) is 0 Å². The molecule has 1 aromatic carbocycles. The Bertz CT molecular complexity index is 449. The lowest BCUT2D eigenvalue weighted by Gasteiger charge is -2.40. The molecule has 2 rings (SSSR count). The summed E-state index contributed by atoms with van der Waals surface area (Å²) in [6.45, 7) is 9.51. The van der Waals surface area contributed by atoms with Crippen molar-refractivity contribution in [2.24, 2.45) is 0 Å². The maximum Gasteiger partial charge on any atom is 0.122 e. The number of hydrogen-bond donors (Lipinski definition) is 0. The third-order valence-electron chi connectivity index (χ3n) is 5.21. The van der Waals surface area contributed by atoms with Gasteiger partial charge in [0.2, 0.25) is 0 Å². The number of hydrogen-bond acceptors (Lipinski definition) is 2. The van der Waals surface area contributed by atoms with Crippen LogP contribution in [0.2, 0.25) is 0 Å². The summed E-state index contributed by atoms with van der Waals surface area (Å²) < 4.78 is 5.57. The Morgan fingerprint density at radius 3 is 2.41 bits per heavy atom. The number of nitrogens with zero attached hydrogens (tertiary/aromatic N) is 1. The van der Waals surface area contributed by atoms with Gasteiger partial charge < -0.3 is 4.74 Å². The molecule has 0 spiro atoms. The van der Waals surface area contributed by atoms with Crippen molar-refractivity contribution in [1.82, 2.24) is 4.90 Å². The minimum Gasteiger partial charge on any atom is -0.496 e. The Hall–Kier alpha value is -1.02. The molecule has 0 heterocycles. The normalized spacial score (nSPS) is 21.0. The number of unbranched alkanes of at least 4 members (excludes halogenated alkanes) is 2. The van der Waals surface area contributed by atoms with Crippen LogP contribution in [0.3, 0.4) is 0 Å². The van der Waals surface area contributed by atoms with Gasteiger partial charge in [0.25, 0.3) is 0 Å². The van der Waals surface area contributed by atoms with Gasteiger partial charge in [-0.25, -0.2) is 0 Å². The molecule has 2 atom stereocenters. The highest BCUT2D eigenvalue weighted by Crippen LogP contribution is 2.38. The molecule has 1 aliphatic rings. The highest BCUT2D eigenvalue weighted by molar-refractivity contribution is 5.44. The van der Waals surface area contributed by atoms with E-state index in [0.29, 0.717) is 12.0 Å². The largest absolute Gasteiger partial charge is 0.496 e. The van der Waals surface area contributed by atoms with E-state index in [1.807, 2.05) is 0 Å². The number of ether oxygens (including phenoxy) is 1. The van der Waals surface area contributed by atoms with E-state index in [1.54, 1.807) is 7.11 Å². The van der Waals surface area contributed by atoms with Gasteiger partial charge in [0.1, 0.15) is 5.75 Å². The summed E-state index contributed by atoms with van der Waals surface area (Å²) in [5, 5.41) is 0. The predicted molar refractivity (Wildman–Crippen MR) is 94.9 cm³/mol. The zero-order valence-electron chi connectivity index (χ0n) is 14.9. The quantitative estimate of drug-likeness (QED) is 0.669. The minimum atomic E-state index is 0.604. The summed E-state index contributed by atoms with van der Waals surface area (Å²) >= 11 is 0. The van der Waals surface area contributed by atoms with Crippen LogP contribution in [0, 0.1) is 0 Å². The maximum absolute atomic E-state index is 5.57. The average Bonchev–Trinajstić information content (AvgIpc) is 2.55. The Morgan fingerprint density at radius 1 is 1.14 bits per heavy atom. The first kappa shape index (κ1) is 17.3. The van der Waals surface area contributed by atoms with Crippen LogP contribution < -0.4 is 4.74 Å². The smallest absolute Gasteiger partial charge is 0.122 e. The van der Waals surface area contributed by atoms with Gasteiger partial charge in [-0.2, -0.15) is 0 Å². The fourth-order valence-electron chi connectivity index (χ4n) is 3.88. The minimum absolute atomic E-state index is 0.604. The lowest BCUT2D eigenvalue weighted by atomic mass is 9.79. The van der Waals surface area contributed by atoms with Crippen LogP contribution in [0.1, 0.15) is 69.9 Å². The fourth-order valence-corrected chi connectivity index (χ4v) is 3.88. The molecule has 2 heteroatoms. The first-order chi connectivity index (χ1) is 10.7. The number of methoxy groups -OCH3 is 1. The average molecular weight is 303 g/mol. The van der Waals surface area contributed by atoms with Crippen molar-refractivity contribution in [3.05, 3.63) is 29.3 Å². The van der Waals surface area contributed by atoms with Crippen molar-refractivity contribution < 1.29 is 4.74 Å². The Labute approximate surface area is 136 Å². The molecule has 2 unspecified atom stereocenters. The first-order valence-electron chi connectivity index (χ1n) is 9.12. The van der Waals surface area contributed by atoms with E-state index in [4.69, 9.17) is 4.74 Å². The molecule has 0 radical (unpaired) electrons. The second-order valence-electron chi connectivity index (χ2n) is 6.67. The maximum atomic E-state index is 5.57. The Kier molecular flexibility index (Phi) is 6.75. The van der Waals surface area contributed by atoms with Gasteiger partial charge >= 0.3 is 0 Å². The van der Waals surface area contributed by atoms with E-state index in [-0.39, 0.29) is 0 Å². The predicted octanol–water partition coefficient (Wildman–Crippen LogP) is 5.02. The molecular weight excluding hydrogens is 270 g/mol. The van der Waals surface area contributed by atoms with E-state index in [9.17, 15) is 0 Å². The molecule has 124 valence electrons. The third-order valence-corrected chi connectivity index (χ3v) is 5.21. The molecule has 1 aliphatic carbocycles. The van der Waals surface area contributed by atoms with Crippen molar-refractivity contribution in [2.45, 2.75) is 71.3 Å². The van der Waals surface area contributed by atoms with E-state index in [1.165, 1.54) is 56.3 Å². The second-order valence-corrected chi connectivity index (χ2v) is 6.67. The van der Waals surface area contributed by atoms with E-state index in [0.717, 1.165) is 12.2 Å². The van der Waals surface area contributed by atoms with Crippen LogP contribution in [0.5, 0.6) is 5.75 Å². The number of rotatable bonds is 8. The molecule has 22 heavy (non-hydrogen) atoms. The molecule has 0 saturated heterocycles. The van der Waals surface area contributed by atoms with Crippen LogP contribution in [0.4, 0.5) is 0 Å². The Balaban J connectivity index is 2.17. The standard InChI is InChI=1S/C20H33NO/c1-5-7-14-21(15-8-6-2)19-13-12-18-17(16(19)3)10-9-11-20(18)22-4/h9-11,16,19H,5-8,12-15H2,1-4H3. The van der Waals surface area contributed by atoms with E-state index < -0.39 is 0 Å². The summed E-state index contributed by atoms with van der Waals surface area (Å²) in [5.41, 5.74) is 2.95. The van der Waals surface area contributed by atoms with Gasteiger partial charge in [0, 0.05) is 6.04 Å². The van der Waals surface area contributed by atoms with Crippen LogP contribution in [-0.4, -0.2) is 31.1 Å². The van der Waals surface area contributed by atoms with Gasteiger partial charge in [-0.1, -0.05) is 45.7 Å². The monoisotopic (exact) mass is 303 g/mol. The first-order valence-corrected chi connectivity index (χ1v) is 9.12. The summed E-state index contributed by atoms with van der Waals surface area (Å²) in [6.07, 6.45) is 7.63. The molecule has 0 fully saturated rings. The molecule has 0 N–H and O–H groups in total. The van der Waals surface area contributed by atoms with Crippen LogP contribution in [-0.2, 0) is 6.42 Å². The zero-order valence-corrected chi connectivity index (χ0v) is 14.9. The molecule has 2 nitrogen and oxygen atoms in total. The summed E-state index contributed by atoms with van der Waals surface area (Å²) in [6, 6.07) is 7.27. The molecule has 0 amide bonds. The highest BCUT2D eigenvalue weighted by Gasteiger charge is 2.31. The molecular formula is C20H33NO. The molecule has 1 aromatic rings. The van der Waals surface area contributed by atoms with Gasteiger partial charge in [-0.3, -0.25) is 4.90 Å². The fraction of sp³-hybridized carbons (Fsp3) is 0.700. The second kappa shape index (κ2) is 8.57. The summed E-state index contributed by atoms with van der Waals surface area (Å²) in [4.78, 5) is 2.76. The molecule has 0 aliphatic heterocycles. The van der Waals surface area contributed by atoms with Crippen LogP contribution >= 0.6 is 0 Å². The summed E-state index contributed by atoms with van der Waals surface area (Å²) in [7, 11) is 1.79. The van der Waals surface area contributed by atoms with Crippen molar-refractivity contribution in [3.8, 4) is 5.75 Å². The topological polar surface area (TPSA) is 12.5 Å². The van der Waals surface area contributed by atoms with Gasteiger partial charge in [0.05, 0.1) is 7.11 Å². The SMILES string of the molecule is CCCCN(CCCC)C1CCc2c(OC)cccc2C1C. The van der Waals surface area contributed by atoms with Crippen molar-refractivity contribution >= 4 is 0 Å². The van der Waals surface area contributed by atoms with E-state index in [2.05, 4.69) is 43.9 Å². The molecule has 0 bridgehead atoms. The molecule has 0 saturated carbocycles. The number of fused-ring (bicyclic) bond motifs is 1. The van der Waals surface area contributed by atoms with Crippen LogP contribution in [0.15, 0.2) is 18.2 Å². The van der Waals surface area contributed by atoms with E-state index >= 15 is 0 Å². The lowest BCUT2D eigenvalue weighted by Crippen LogP contribution is -2.42. The lowest BCUT2D eigenvalue weighted by molar-refractivity contribution is 0.153. The van der Waals surface area contributed by atoms with Gasteiger partial charge in [-0.15, -0.1) is 0 Å². The van der Waals surface area contributed by atoms with Gasteiger partial charge in [0.15, 0.2) is 0 Å². The number of benzene rings is 1. The molecule has 0 aromatic heterocycles. The Morgan fingerprint density at radius 2 is 1.82 bits per heavy atom. The highest BCUT2D eigenvalue weighted by atomic mass is 16.5. The van der Waals surface area contributed by atoms with Crippen molar-refractivity contribution in [2.75, 3.05) is 20.2 Å². The summed E-state index contributed by atoms with van der Waals surface area (Å²) in [5.74, 6) is 1.68. The van der Waals surface area contributed by atoms with Crippen molar-refractivity contribution in [3.63, 3.8) is 0 Å². The van der Waals surface area contributed by atoms with Gasteiger partial charge in [-0.05, 0) is 61.9 Å². The van der Waals surface area contributed by atoms with Crippen molar-refractivity contribution in [1.29, 1.82) is 0 Å². The third kappa shape index (κ3) is 3.84. The zero-order chi connectivity index (χ0) is 15.9.